The van der Waals surface area contributed by atoms with E-state index in [9.17, 15) is 4.79 Å². The van der Waals surface area contributed by atoms with Crippen LogP contribution in [0, 0.1) is 0 Å². The number of aromatic nitrogens is 3. The Balaban J connectivity index is 1.63. The summed E-state index contributed by atoms with van der Waals surface area (Å²) in [6.45, 7) is 0.581. The van der Waals surface area contributed by atoms with Crippen LogP contribution in [-0.4, -0.2) is 37.6 Å². The third-order valence-corrected chi connectivity index (χ3v) is 6.28. The second kappa shape index (κ2) is 9.44. The van der Waals surface area contributed by atoms with Crippen molar-refractivity contribution in [2.24, 2.45) is 0 Å². The van der Waals surface area contributed by atoms with E-state index < -0.39 is 0 Å². The molecule has 0 aliphatic carbocycles. The van der Waals surface area contributed by atoms with Crippen LogP contribution in [0.3, 0.4) is 0 Å². The normalized spacial score (nSPS) is 17.4. The van der Waals surface area contributed by atoms with Gasteiger partial charge in [0, 0.05) is 37.0 Å². The predicted octanol–water partition coefficient (Wildman–Crippen LogP) is 4.23. The average Bonchev–Trinajstić information content (AvgIpc) is 3.49. The van der Waals surface area contributed by atoms with Crippen LogP contribution < -0.4 is 5.32 Å². The molecule has 1 aromatic carbocycles. The first kappa shape index (κ1) is 21.8. The van der Waals surface area contributed by atoms with Crippen molar-refractivity contribution in [3.8, 4) is 5.69 Å². The standard InChI is InChI=1S/C26H23N5O2S/c1-33-25(32)19-9-2-3-11-21(19)30-15-7-12-22(30)24-23(20-10-4-5-14-28-20)29-26(34)31(24)17-18-8-6-13-27-16-18/h2-16,23-24H,17H2,1H3,(H,29,34)/t23-,24+/m1/s1. The molecule has 170 valence electrons. The van der Waals surface area contributed by atoms with E-state index in [4.69, 9.17) is 17.0 Å². The minimum atomic E-state index is -0.385. The van der Waals surface area contributed by atoms with Gasteiger partial charge >= 0.3 is 5.97 Å². The van der Waals surface area contributed by atoms with Crippen LogP contribution >= 0.6 is 12.2 Å². The number of ether oxygens (including phenoxy) is 1. The van der Waals surface area contributed by atoms with Gasteiger partial charge in [-0.25, -0.2) is 4.79 Å². The van der Waals surface area contributed by atoms with E-state index in [1.807, 2.05) is 71.6 Å². The van der Waals surface area contributed by atoms with Crippen LogP contribution in [0.1, 0.15) is 39.4 Å². The summed E-state index contributed by atoms with van der Waals surface area (Å²) < 4.78 is 7.06. The zero-order valence-corrected chi connectivity index (χ0v) is 19.4. The highest BCUT2D eigenvalue weighted by Crippen LogP contribution is 2.40. The largest absolute Gasteiger partial charge is 0.465 e. The van der Waals surface area contributed by atoms with Gasteiger partial charge in [-0.3, -0.25) is 9.97 Å². The molecule has 4 aromatic rings. The lowest BCUT2D eigenvalue weighted by molar-refractivity contribution is 0.0600. The maximum absolute atomic E-state index is 12.5. The maximum Gasteiger partial charge on any atom is 0.339 e. The summed E-state index contributed by atoms with van der Waals surface area (Å²) in [5.41, 5.74) is 4.14. The molecular weight excluding hydrogens is 446 g/mol. The van der Waals surface area contributed by atoms with Gasteiger partial charge in [-0.05, 0) is 60.2 Å². The van der Waals surface area contributed by atoms with E-state index in [2.05, 4.69) is 26.3 Å². The van der Waals surface area contributed by atoms with Gasteiger partial charge in [0.1, 0.15) is 0 Å². The molecule has 1 fully saturated rings. The molecule has 8 heteroatoms. The van der Waals surface area contributed by atoms with E-state index >= 15 is 0 Å². The lowest BCUT2D eigenvalue weighted by Crippen LogP contribution is -2.30. The first-order valence-corrected chi connectivity index (χ1v) is 11.3. The highest BCUT2D eigenvalue weighted by Gasteiger charge is 2.41. The molecule has 5 rings (SSSR count). The van der Waals surface area contributed by atoms with Crippen molar-refractivity contribution in [2.45, 2.75) is 18.6 Å². The van der Waals surface area contributed by atoms with Crippen LogP contribution in [0.2, 0.25) is 0 Å². The number of para-hydroxylation sites is 1. The third-order valence-electron chi connectivity index (χ3n) is 5.93. The number of rotatable bonds is 6. The quantitative estimate of drug-likeness (QED) is 0.335. The predicted molar refractivity (Wildman–Crippen MR) is 132 cm³/mol. The molecule has 2 atom stereocenters. The first-order valence-electron chi connectivity index (χ1n) is 10.9. The second-order valence-corrected chi connectivity index (χ2v) is 8.31. The van der Waals surface area contributed by atoms with Gasteiger partial charge in [-0.2, -0.15) is 0 Å². The number of nitrogens with zero attached hydrogens (tertiary/aromatic N) is 4. The van der Waals surface area contributed by atoms with Gasteiger partial charge in [-0.1, -0.05) is 24.3 Å². The number of hydrogen-bond acceptors (Lipinski definition) is 5. The highest BCUT2D eigenvalue weighted by molar-refractivity contribution is 7.80. The van der Waals surface area contributed by atoms with E-state index in [1.165, 1.54) is 7.11 Å². The van der Waals surface area contributed by atoms with Gasteiger partial charge in [0.25, 0.3) is 0 Å². The first-order chi connectivity index (χ1) is 16.7. The van der Waals surface area contributed by atoms with Crippen molar-refractivity contribution < 1.29 is 9.53 Å². The molecule has 1 aliphatic rings. The third kappa shape index (κ3) is 4.04. The molecule has 3 aromatic heterocycles. The Bertz CT molecular complexity index is 1310. The molecule has 0 amide bonds. The van der Waals surface area contributed by atoms with Crippen molar-refractivity contribution >= 4 is 23.3 Å². The summed E-state index contributed by atoms with van der Waals surface area (Å²) in [5, 5.41) is 4.11. The molecule has 0 bridgehead atoms. The van der Waals surface area contributed by atoms with Crippen molar-refractivity contribution in [3.63, 3.8) is 0 Å². The van der Waals surface area contributed by atoms with E-state index in [-0.39, 0.29) is 18.1 Å². The monoisotopic (exact) mass is 469 g/mol. The number of carbonyl (C=O) groups excluding carboxylic acids is 1. The van der Waals surface area contributed by atoms with Gasteiger partial charge in [0.2, 0.25) is 0 Å². The average molecular weight is 470 g/mol. The van der Waals surface area contributed by atoms with Crippen LogP contribution in [0.25, 0.3) is 5.69 Å². The molecular formula is C26H23N5O2S. The van der Waals surface area contributed by atoms with Crippen LogP contribution in [-0.2, 0) is 11.3 Å². The summed E-state index contributed by atoms with van der Waals surface area (Å²) in [7, 11) is 1.39. The second-order valence-electron chi connectivity index (χ2n) is 7.93. The molecule has 1 aliphatic heterocycles. The number of methoxy groups -OCH3 is 1. The van der Waals surface area contributed by atoms with E-state index in [0.717, 1.165) is 22.6 Å². The molecule has 34 heavy (non-hydrogen) atoms. The van der Waals surface area contributed by atoms with Crippen molar-refractivity contribution in [1.29, 1.82) is 0 Å². The Labute approximate surface area is 203 Å². The fourth-order valence-corrected chi connectivity index (χ4v) is 4.71. The van der Waals surface area contributed by atoms with Crippen molar-refractivity contribution in [1.82, 2.24) is 24.8 Å². The fraction of sp³-hybridized carbons (Fsp3) is 0.154. The Morgan fingerprint density at radius 2 is 1.91 bits per heavy atom. The SMILES string of the molecule is COC(=O)c1ccccc1-n1cccc1[C@H]1[C@@H](c2ccccn2)NC(=S)N1Cc1cccnc1. The van der Waals surface area contributed by atoms with Gasteiger partial charge < -0.3 is 19.5 Å². The van der Waals surface area contributed by atoms with Gasteiger partial charge in [0.15, 0.2) is 5.11 Å². The number of pyridine rings is 2. The van der Waals surface area contributed by atoms with Crippen LogP contribution in [0.4, 0.5) is 0 Å². The number of carbonyl (C=O) groups is 1. The molecule has 0 unspecified atom stereocenters. The molecule has 0 spiro atoms. The Hall–Kier alpha value is -4.04. The number of hydrogen-bond donors (Lipinski definition) is 1. The van der Waals surface area contributed by atoms with Gasteiger partial charge in [-0.15, -0.1) is 0 Å². The van der Waals surface area contributed by atoms with Crippen molar-refractivity contribution in [3.05, 3.63) is 114 Å². The number of nitrogens with one attached hydrogen (secondary N) is 1. The lowest BCUT2D eigenvalue weighted by Gasteiger charge is -2.29. The fourth-order valence-electron chi connectivity index (χ4n) is 4.41. The summed E-state index contributed by atoms with van der Waals surface area (Å²) in [6.07, 6.45) is 7.34. The number of benzene rings is 1. The minimum Gasteiger partial charge on any atom is -0.465 e. The molecule has 7 nitrogen and oxygen atoms in total. The lowest BCUT2D eigenvalue weighted by atomic mass is 10.0. The number of thiocarbonyl (C=S) groups is 1. The van der Waals surface area contributed by atoms with Crippen LogP contribution in [0.5, 0.6) is 0 Å². The van der Waals surface area contributed by atoms with E-state index in [1.54, 1.807) is 18.5 Å². The summed E-state index contributed by atoms with van der Waals surface area (Å²) >= 11 is 5.80. The Morgan fingerprint density at radius 3 is 2.68 bits per heavy atom. The van der Waals surface area contributed by atoms with Gasteiger partial charge in [0.05, 0.1) is 36.1 Å². The summed E-state index contributed by atoms with van der Waals surface area (Å²) in [6, 6.07) is 20.9. The molecule has 0 radical (unpaired) electrons. The topological polar surface area (TPSA) is 72.3 Å². The van der Waals surface area contributed by atoms with Crippen molar-refractivity contribution in [2.75, 3.05) is 7.11 Å². The zero-order chi connectivity index (χ0) is 23.5. The molecule has 1 N–H and O–H groups in total. The Kier molecular flexibility index (Phi) is 6.05. The number of esters is 1. The maximum atomic E-state index is 12.5. The highest BCUT2D eigenvalue weighted by atomic mass is 32.1. The minimum absolute atomic E-state index is 0.177. The summed E-state index contributed by atoms with van der Waals surface area (Å²) in [4.78, 5) is 23.5. The summed E-state index contributed by atoms with van der Waals surface area (Å²) in [5.74, 6) is -0.385. The molecule has 1 saturated heterocycles. The smallest absolute Gasteiger partial charge is 0.339 e. The molecule has 0 saturated carbocycles. The zero-order valence-electron chi connectivity index (χ0n) is 18.5. The van der Waals surface area contributed by atoms with Crippen LogP contribution in [0.15, 0.2) is 91.5 Å². The Morgan fingerprint density at radius 1 is 1.06 bits per heavy atom. The molecule has 4 heterocycles. The van der Waals surface area contributed by atoms with E-state index in [0.29, 0.717) is 17.2 Å².